The highest BCUT2D eigenvalue weighted by Crippen LogP contribution is 2.21. The van der Waals surface area contributed by atoms with Crippen LogP contribution in [0.5, 0.6) is 0 Å². The summed E-state index contributed by atoms with van der Waals surface area (Å²) in [5.41, 5.74) is 1.78. The van der Waals surface area contributed by atoms with Gasteiger partial charge in [-0.2, -0.15) is 0 Å². The van der Waals surface area contributed by atoms with E-state index in [1.807, 2.05) is 56.3 Å². The maximum atomic E-state index is 11.9. The molecule has 2 rings (SSSR count). The third-order valence-corrected chi connectivity index (χ3v) is 2.82. The van der Waals surface area contributed by atoms with Gasteiger partial charge in [0.1, 0.15) is 0 Å². The van der Waals surface area contributed by atoms with E-state index in [2.05, 4.69) is 11.9 Å². The van der Waals surface area contributed by atoms with Gasteiger partial charge >= 0.3 is 0 Å². The molecule has 0 unspecified atom stereocenters. The van der Waals surface area contributed by atoms with Crippen molar-refractivity contribution in [2.75, 3.05) is 0 Å². The standard InChI is InChI=1S/C16H17NO/c1-4-12-6-5-7-13-10-14(8-9-15(12)13)16(18)17-11(2)3/h4-11H,1H2,2-3H3,(H,17,18). The molecule has 0 saturated carbocycles. The van der Waals surface area contributed by atoms with Gasteiger partial charge in [-0.05, 0) is 42.3 Å². The fraction of sp³-hybridized carbons (Fsp3) is 0.188. The van der Waals surface area contributed by atoms with Crippen molar-refractivity contribution < 1.29 is 4.79 Å². The molecule has 0 aromatic heterocycles. The van der Waals surface area contributed by atoms with Gasteiger partial charge in [0.15, 0.2) is 0 Å². The summed E-state index contributed by atoms with van der Waals surface area (Å²) in [4.78, 5) is 11.9. The van der Waals surface area contributed by atoms with Crippen LogP contribution in [-0.4, -0.2) is 11.9 Å². The van der Waals surface area contributed by atoms with E-state index in [4.69, 9.17) is 0 Å². The van der Waals surface area contributed by atoms with Gasteiger partial charge in [-0.25, -0.2) is 0 Å². The van der Waals surface area contributed by atoms with E-state index in [0.29, 0.717) is 5.56 Å². The van der Waals surface area contributed by atoms with Crippen molar-refractivity contribution >= 4 is 22.8 Å². The zero-order valence-electron chi connectivity index (χ0n) is 10.7. The number of amides is 1. The predicted molar refractivity (Wildman–Crippen MR) is 76.6 cm³/mol. The largest absolute Gasteiger partial charge is 0.350 e. The molecule has 0 atom stereocenters. The first-order valence-corrected chi connectivity index (χ1v) is 6.08. The van der Waals surface area contributed by atoms with Crippen LogP contribution >= 0.6 is 0 Å². The first kappa shape index (κ1) is 12.4. The molecule has 0 saturated heterocycles. The van der Waals surface area contributed by atoms with Crippen molar-refractivity contribution in [1.29, 1.82) is 0 Å². The molecule has 2 nitrogen and oxygen atoms in total. The number of hydrogen-bond donors (Lipinski definition) is 1. The van der Waals surface area contributed by atoms with Gasteiger partial charge in [0, 0.05) is 11.6 Å². The Morgan fingerprint density at radius 3 is 2.72 bits per heavy atom. The number of hydrogen-bond acceptors (Lipinski definition) is 1. The van der Waals surface area contributed by atoms with Crippen molar-refractivity contribution in [3.05, 3.63) is 54.1 Å². The Bertz CT molecular complexity index is 599. The number of carbonyl (C=O) groups excluding carboxylic acids is 1. The minimum Gasteiger partial charge on any atom is -0.350 e. The minimum atomic E-state index is -0.0316. The smallest absolute Gasteiger partial charge is 0.251 e. The molecule has 2 aromatic carbocycles. The Hall–Kier alpha value is -2.09. The first-order chi connectivity index (χ1) is 8.61. The van der Waals surface area contributed by atoms with Gasteiger partial charge in [-0.1, -0.05) is 36.9 Å². The van der Waals surface area contributed by atoms with Crippen molar-refractivity contribution in [2.45, 2.75) is 19.9 Å². The lowest BCUT2D eigenvalue weighted by molar-refractivity contribution is 0.0943. The summed E-state index contributed by atoms with van der Waals surface area (Å²) in [6.07, 6.45) is 1.83. The average molecular weight is 239 g/mol. The van der Waals surface area contributed by atoms with E-state index in [1.54, 1.807) is 0 Å². The Morgan fingerprint density at radius 2 is 2.06 bits per heavy atom. The molecular weight excluding hydrogens is 222 g/mol. The highest BCUT2D eigenvalue weighted by Gasteiger charge is 2.08. The van der Waals surface area contributed by atoms with Crippen LogP contribution < -0.4 is 5.32 Å². The van der Waals surface area contributed by atoms with E-state index < -0.39 is 0 Å². The molecule has 1 amide bonds. The van der Waals surface area contributed by atoms with Crippen LogP contribution in [0.4, 0.5) is 0 Å². The Balaban J connectivity index is 2.45. The molecule has 18 heavy (non-hydrogen) atoms. The normalized spacial score (nSPS) is 10.6. The second-order valence-electron chi connectivity index (χ2n) is 4.62. The van der Waals surface area contributed by atoms with Gasteiger partial charge in [0.25, 0.3) is 5.91 Å². The number of benzene rings is 2. The van der Waals surface area contributed by atoms with E-state index >= 15 is 0 Å². The second-order valence-corrected chi connectivity index (χ2v) is 4.62. The van der Waals surface area contributed by atoms with Crippen LogP contribution in [-0.2, 0) is 0 Å². The number of fused-ring (bicyclic) bond motifs is 1. The van der Waals surface area contributed by atoms with Crippen LogP contribution in [0.3, 0.4) is 0 Å². The fourth-order valence-electron chi connectivity index (χ4n) is 1.97. The van der Waals surface area contributed by atoms with Crippen molar-refractivity contribution in [2.24, 2.45) is 0 Å². The topological polar surface area (TPSA) is 29.1 Å². The molecule has 0 fully saturated rings. The summed E-state index contributed by atoms with van der Waals surface area (Å²) < 4.78 is 0. The van der Waals surface area contributed by atoms with E-state index in [-0.39, 0.29) is 11.9 Å². The fourth-order valence-corrected chi connectivity index (χ4v) is 1.97. The molecule has 0 bridgehead atoms. The highest BCUT2D eigenvalue weighted by molar-refractivity contribution is 6.00. The van der Waals surface area contributed by atoms with Gasteiger partial charge in [-0.3, -0.25) is 4.79 Å². The molecule has 2 aromatic rings. The summed E-state index contributed by atoms with van der Waals surface area (Å²) in [5, 5.41) is 5.07. The number of carbonyl (C=O) groups is 1. The molecular formula is C16H17NO. The predicted octanol–water partition coefficient (Wildman–Crippen LogP) is 3.62. The minimum absolute atomic E-state index is 0.0316. The van der Waals surface area contributed by atoms with Crippen LogP contribution in [0, 0.1) is 0 Å². The van der Waals surface area contributed by atoms with Gasteiger partial charge in [0.2, 0.25) is 0 Å². The van der Waals surface area contributed by atoms with Gasteiger partial charge in [0.05, 0.1) is 0 Å². The third-order valence-electron chi connectivity index (χ3n) is 2.82. The van der Waals surface area contributed by atoms with Crippen LogP contribution in [0.1, 0.15) is 29.8 Å². The Morgan fingerprint density at radius 1 is 1.28 bits per heavy atom. The second kappa shape index (κ2) is 5.05. The van der Waals surface area contributed by atoms with Crippen LogP contribution in [0.25, 0.3) is 16.8 Å². The number of rotatable bonds is 3. The molecule has 0 aliphatic carbocycles. The van der Waals surface area contributed by atoms with Crippen LogP contribution in [0.15, 0.2) is 43.0 Å². The van der Waals surface area contributed by atoms with E-state index in [0.717, 1.165) is 16.3 Å². The molecule has 0 aliphatic rings. The van der Waals surface area contributed by atoms with E-state index in [9.17, 15) is 4.79 Å². The first-order valence-electron chi connectivity index (χ1n) is 6.08. The third kappa shape index (κ3) is 2.43. The average Bonchev–Trinajstić information content (AvgIpc) is 2.36. The van der Waals surface area contributed by atoms with Crippen molar-refractivity contribution in [3.63, 3.8) is 0 Å². The molecule has 0 spiro atoms. The van der Waals surface area contributed by atoms with Crippen molar-refractivity contribution in [3.8, 4) is 0 Å². The lowest BCUT2D eigenvalue weighted by atomic mass is 10.0. The highest BCUT2D eigenvalue weighted by atomic mass is 16.1. The van der Waals surface area contributed by atoms with Gasteiger partial charge in [-0.15, -0.1) is 0 Å². The molecule has 92 valence electrons. The SMILES string of the molecule is C=Cc1cccc2cc(C(=O)NC(C)C)ccc12. The molecule has 0 radical (unpaired) electrons. The lowest BCUT2D eigenvalue weighted by Gasteiger charge is -2.09. The summed E-state index contributed by atoms with van der Waals surface area (Å²) in [7, 11) is 0. The monoisotopic (exact) mass is 239 g/mol. The molecule has 2 heteroatoms. The van der Waals surface area contributed by atoms with Gasteiger partial charge < -0.3 is 5.32 Å². The summed E-state index contributed by atoms with van der Waals surface area (Å²) >= 11 is 0. The zero-order chi connectivity index (χ0) is 13.1. The summed E-state index contributed by atoms with van der Waals surface area (Å²) in [6, 6.07) is 11.9. The van der Waals surface area contributed by atoms with E-state index in [1.165, 1.54) is 0 Å². The molecule has 0 heterocycles. The summed E-state index contributed by atoms with van der Waals surface area (Å²) in [5.74, 6) is -0.0316. The lowest BCUT2D eigenvalue weighted by Crippen LogP contribution is -2.29. The summed E-state index contributed by atoms with van der Waals surface area (Å²) in [6.45, 7) is 7.70. The zero-order valence-corrected chi connectivity index (χ0v) is 10.7. The molecule has 0 aliphatic heterocycles. The maximum absolute atomic E-state index is 11.9. The van der Waals surface area contributed by atoms with Crippen molar-refractivity contribution in [1.82, 2.24) is 5.32 Å². The quantitative estimate of drug-likeness (QED) is 0.870. The van der Waals surface area contributed by atoms with Crippen LogP contribution in [0.2, 0.25) is 0 Å². The Kier molecular flexibility index (Phi) is 3.47. The Labute approximate surface area is 107 Å². The molecule has 1 N–H and O–H groups in total. The maximum Gasteiger partial charge on any atom is 0.251 e. The number of nitrogens with one attached hydrogen (secondary N) is 1.